The van der Waals surface area contributed by atoms with Crippen molar-refractivity contribution in [3.63, 3.8) is 0 Å². The molecule has 0 aliphatic heterocycles. The zero-order chi connectivity index (χ0) is 16.5. The first kappa shape index (κ1) is 38.3. The standard InChI is InChI=1S/4C4H10O.CH4.Hf/c4*1-2-3-4-5;;/h4*5H,2-4H2,1H3;1H4;. The van der Waals surface area contributed by atoms with Crippen molar-refractivity contribution in [2.75, 3.05) is 26.4 Å². The predicted molar refractivity (Wildman–Crippen MR) is 94.7 cm³/mol. The van der Waals surface area contributed by atoms with Crippen LogP contribution in [-0.2, 0) is 25.8 Å². The van der Waals surface area contributed by atoms with Crippen LogP contribution in [0.15, 0.2) is 0 Å². The van der Waals surface area contributed by atoms with E-state index >= 15 is 0 Å². The van der Waals surface area contributed by atoms with E-state index in [0.717, 1.165) is 51.4 Å². The van der Waals surface area contributed by atoms with Crippen LogP contribution in [0, 0.1) is 0 Å². The second-order valence-corrected chi connectivity index (χ2v) is 4.31. The molecule has 0 aromatic heterocycles. The van der Waals surface area contributed by atoms with Gasteiger partial charge >= 0.3 is 0 Å². The third-order valence-corrected chi connectivity index (χ3v) is 2.05. The number of aliphatic hydroxyl groups excluding tert-OH is 4. The number of unbranched alkanes of at least 4 members (excludes halogenated alkanes) is 4. The van der Waals surface area contributed by atoms with Crippen molar-refractivity contribution in [1.82, 2.24) is 0 Å². The van der Waals surface area contributed by atoms with E-state index in [2.05, 4.69) is 27.7 Å². The Morgan fingerprint density at radius 2 is 0.591 bits per heavy atom. The van der Waals surface area contributed by atoms with Crippen LogP contribution < -0.4 is 0 Å². The molecule has 0 rings (SSSR count). The van der Waals surface area contributed by atoms with Crippen molar-refractivity contribution in [3.8, 4) is 0 Å². The van der Waals surface area contributed by atoms with Gasteiger partial charge in [-0.15, -0.1) is 0 Å². The molecule has 0 bridgehead atoms. The Morgan fingerprint density at radius 3 is 0.591 bits per heavy atom. The van der Waals surface area contributed by atoms with Gasteiger partial charge in [0.25, 0.3) is 0 Å². The fraction of sp³-hybridized carbons (Fsp3) is 1.00. The molecule has 0 fully saturated rings. The van der Waals surface area contributed by atoms with Gasteiger partial charge in [0.05, 0.1) is 0 Å². The molecule has 4 nitrogen and oxygen atoms in total. The van der Waals surface area contributed by atoms with Gasteiger partial charge in [-0.2, -0.15) is 0 Å². The Balaban J connectivity index is -0.0000000376. The molecule has 0 aromatic carbocycles. The minimum Gasteiger partial charge on any atom is -0.396 e. The summed E-state index contributed by atoms with van der Waals surface area (Å²) < 4.78 is 0. The molecule has 4 N–H and O–H groups in total. The zero-order valence-electron chi connectivity index (χ0n) is 14.8. The first-order valence-electron chi connectivity index (χ1n) is 8.09. The summed E-state index contributed by atoms with van der Waals surface area (Å²) in [6.07, 6.45) is 8.15. The van der Waals surface area contributed by atoms with Crippen molar-refractivity contribution >= 4 is 0 Å². The Hall–Kier alpha value is 0.710. The van der Waals surface area contributed by atoms with Crippen LogP contribution in [0.2, 0.25) is 0 Å². The van der Waals surface area contributed by atoms with Gasteiger partial charge < -0.3 is 20.4 Å². The maximum Gasteiger partial charge on any atom is 0.0430 e. The quantitative estimate of drug-likeness (QED) is 0.391. The van der Waals surface area contributed by atoms with Gasteiger partial charge in [-0.1, -0.05) is 60.8 Å². The van der Waals surface area contributed by atoms with Gasteiger partial charge in [-0.25, -0.2) is 0 Å². The van der Waals surface area contributed by atoms with Crippen LogP contribution in [0.25, 0.3) is 0 Å². The number of aliphatic hydroxyl groups is 4. The summed E-state index contributed by atoms with van der Waals surface area (Å²) in [5.74, 6) is 0. The molecule has 140 valence electrons. The van der Waals surface area contributed by atoms with Gasteiger partial charge in [-0.3, -0.25) is 0 Å². The van der Waals surface area contributed by atoms with E-state index in [1.807, 2.05) is 0 Å². The summed E-state index contributed by atoms with van der Waals surface area (Å²) in [7, 11) is 0. The summed E-state index contributed by atoms with van der Waals surface area (Å²) in [6.45, 7) is 9.58. The monoisotopic (exact) mass is 492 g/mol. The molecule has 0 aliphatic rings. The van der Waals surface area contributed by atoms with E-state index in [1.54, 1.807) is 0 Å². The maximum absolute atomic E-state index is 8.07. The molecule has 0 aromatic rings. The van der Waals surface area contributed by atoms with Gasteiger partial charge in [0.1, 0.15) is 0 Å². The second-order valence-electron chi connectivity index (χ2n) is 4.31. The van der Waals surface area contributed by atoms with E-state index in [1.165, 1.54) is 0 Å². The molecule has 0 amide bonds. The average Bonchev–Trinajstić information content (AvgIpc) is 2.44. The van der Waals surface area contributed by atoms with E-state index in [-0.39, 0.29) is 33.3 Å². The third-order valence-electron chi connectivity index (χ3n) is 2.05. The Kier molecular flexibility index (Phi) is 100. The summed E-state index contributed by atoms with van der Waals surface area (Å²) in [5, 5.41) is 32.3. The molecular weight excluding hydrogens is 447 g/mol. The molecule has 0 unspecified atom stereocenters. The summed E-state index contributed by atoms with van der Waals surface area (Å²) >= 11 is 0. The average molecular weight is 491 g/mol. The molecule has 5 heteroatoms. The predicted octanol–water partition coefficient (Wildman–Crippen LogP) is 3.75. The Labute approximate surface area is 159 Å². The SMILES string of the molecule is C.CCCCO.CCCCO.CCCCO.CCCCO.[Hf]. The fourth-order valence-corrected chi connectivity index (χ4v) is 0.632. The topological polar surface area (TPSA) is 80.9 Å². The van der Waals surface area contributed by atoms with Crippen LogP contribution in [0.1, 0.15) is 86.5 Å². The second kappa shape index (κ2) is 57.6. The first-order chi connectivity index (χ1) is 9.66. The van der Waals surface area contributed by atoms with Crippen LogP contribution in [0.4, 0.5) is 0 Å². The minimum atomic E-state index is 0. The zero-order valence-corrected chi connectivity index (χ0v) is 18.4. The third kappa shape index (κ3) is 106. The summed E-state index contributed by atoms with van der Waals surface area (Å²) in [5.41, 5.74) is 0. The van der Waals surface area contributed by atoms with E-state index in [0.29, 0.717) is 26.4 Å². The molecule has 0 radical (unpaired) electrons. The van der Waals surface area contributed by atoms with E-state index in [9.17, 15) is 0 Å². The van der Waals surface area contributed by atoms with Gasteiger partial charge in [0.15, 0.2) is 0 Å². The van der Waals surface area contributed by atoms with Crippen LogP contribution in [0.3, 0.4) is 0 Å². The Morgan fingerprint density at radius 1 is 0.455 bits per heavy atom. The van der Waals surface area contributed by atoms with E-state index in [4.69, 9.17) is 20.4 Å². The van der Waals surface area contributed by atoms with E-state index < -0.39 is 0 Å². The van der Waals surface area contributed by atoms with Crippen LogP contribution in [0.5, 0.6) is 0 Å². The smallest absolute Gasteiger partial charge is 0.0430 e. The van der Waals surface area contributed by atoms with Crippen LogP contribution >= 0.6 is 0 Å². The molecule has 0 saturated carbocycles. The molecule has 0 saturated heterocycles. The molecule has 0 spiro atoms. The number of rotatable bonds is 8. The molecule has 0 heterocycles. The summed E-state index contributed by atoms with van der Waals surface area (Å²) in [6, 6.07) is 0. The van der Waals surface area contributed by atoms with Gasteiger partial charge in [-0.05, 0) is 25.7 Å². The van der Waals surface area contributed by atoms with Crippen LogP contribution in [-0.4, -0.2) is 46.9 Å². The summed E-state index contributed by atoms with van der Waals surface area (Å²) in [4.78, 5) is 0. The van der Waals surface area contributed by atoms with Crippen molar-refractivity contribution < 1.29 is 46.3 Å². The maximum atomic E-state index is 8.07. The molecule has 22 heavy (non-hydrogen) atoms. The van der Waals surface area contributed by atoms with Crippen molar-refractivity contribution in [3.05, 3.63) is 0 Å². The van der Waals surface area contributed by atoms with Gasteiger partial charge in [0.2, 0.25) is 0 Å². The minimum absolute atomic E-state index is 0. The molecule has 0 aliphatic carbocycles. The first-order valence-corrected chi connectivity index (χ1v) is 8.09. The number of hydrogen-bond acceptors (Lipinski definition) is 4. The van der Waals surface area contributed by atoms with Crippen molar-refractivity contribution in [2.45, 2.75) is 86.5 Å². The van der Waals surface area contributed by atoms with Crippen molar-refractivity contribution in [1.29, 1.82) is 0 Å². The molecular formula is C17H44HfO4. The molecule has 0 atom stereocenters. The number of hydrogen-bond donors (Lipinski definition) is 4. The van der Waals surface area contributed by atoms with Gasteiger partial charge in [0, 0.05) is 52.3 Å². The normalized spacial score (nSPS) is 7.64. The fourth-order valence-electron chi connectivity index (χ4n) is 0.632. The Bertz CT molecular complexity index is 74.7. The van der Waals surface area contributed by atoms with Crippen molar-refractivity contribution in [2.24, 2.45) is 0 Å². The largest absolute Gasteiger partial charge is 0.396 e.